The Morgan fingerprint density at radius 1 is 1.07 bits per heavy atom. The zero-order valence-corrected chi connectivity index (χ0v) is 8.07. The Bertz CT molecular complexity index is 439. The molecule has 0 fully saturated rings. The molecule has 0 spiro atoms. The standard InChI is InChI=1S/C10H8ClN3/c11-8-3-1-7(2-4-8)9-5-6-13-10(12)14-9/h1-6H,(H2,12,13,14). The van der Waals surface area contributed by atoms with Crippen LogP contribution in [-0.4, -0.2) is 9.97 Å². The smallest absolute Gasteiger partial charge is 0.220 e. The van der Waals surface area contributed by atoms with E-state index in [0.29, 0.717) is 5.02 Å². The summed E-state index contributed by atoms with van der Waals surface area (Å²) >= 11 is 5.77. The largest absolute Gasteiger partial charge is 0.368 e. The van der Waals surface area contributed by atoms with E-state index < -0.39 is 0 Å². The number of hydrogen-bond acceptors (Lipinski definition) is 3. The van der Waals surface area contributed by atoms with Crippen molar-refractivity contribution >= 4 is 17.5 Å². The summed E-state index contributed by atoms with van der Waals surface area (Å²) in [6, 6.07) is 9.22. The molecular formula is C10H8ClN3. The van der Waals surface area contributed by atoms with Crippen LogP contribution >= 0.6 is 11.6 Å². The molecular weight excluding hydrogens is 198 g/mol. The Labute approximate surface area is 86.6 Å². The molecule has 0 aliphatic heterocycles. The van der Waals surface area contributed by atoms with E-state index in [0.717, 1.165) is 11.3 Å². The molecule has 3 nitrogen and oxygen atoms in total. The summed E-state index contributed by atoms with van der Waals surface area (Å²) in [5.74, 6) is 0.275. The molecule has 14 heavy (non-hydrogen) atoms. The first-order valence-corrected chi connectivity index (χ1v) is 4.48. The van der Waals surface area contributed by atoms with Crippen molar-refractivity contribution in [3.63, 3.8) is 0 Å². The molecule has 0 aliphatic rings. The average Bonchev–Trinajstić information content (AvgIpc) is 2.19. The van der Waals surface area contributed by atoms with Gasteiger partial charge in [-0.3, -0.25) is 0 Å². The maximum Gasteiger partial charge on any atom is 0.220 e. The van der Waals surface area contributed by atoms with Gasteiger partial charge >= 0.3 is 0 Å². The lowest BCUT2D eigenvalue weighted by molar-refractivity contribution is 1.19. The van der Waals surface area contributed by atoms with Crippen LogP contribution in [0, 0.1) is 0 Å². The summed E-state index contributed by atoms with van der Waals surface area (Å²) in [7, 11) is 0. The molecule has 1 aromatic carbocycles. The van der Waals surface area contributed by atoms with Gasteiger partial charge in [-0.15, -0.1) is 0 Å². The van der Waals surface area contributed by atoms with Gasteiger partial charge in [0.25, 0.3) is 0 Å². The van der Waals surface area contributed by atoms with Crippen molar-refractivity contribution in [2.75, 3.05) is 5.73 Å². The number of halogens is 1. The molecule has 2 aromatic rings. The summed E-state index contributed by atoms with van der Waals surface area (Å²) in [6.45, 7) is 0. The number of rotatable bonds is 1. The Morgan fingerprint density at radius 3 is 2.43 bits per heavy atom. The topological polar surface area (TPSA) is 51.8 Å². The van der Waals surface area contributed by atoms with Crippen molar-refractivity contribution in [3.05, 3.63) is 41.6 Å². The van der Waals surface area contributed by atoms with Gasteiger partial charge in [-0.05, 0) is 18.2 Å². The molecule has 1 aromatic heterocycles. The third kappa shape index (κ3) is 1.83. The molecule has 0 bridgehead atoms. The molecule has 0 amide bonds. The van der Waals surface area contributed by atoms with Gasteiger partial charge in [0.2, 0.25) is 5.95 Å². The monoisotopic (exact) mass is 205 g/mol. The summed E-state index contributed by atoms with van der Waals surface area (Å²) in [5, 5.41) is 0.704. The van der Waals surface area contributed by atoms with Crippen LogP contribution in [0.5, 0.6) is 0 Å². The fourth-order valence-corrected chi connectivity index (χ4v) is 1.28. The van der Waals surface area contributed by atoms with E-state index in [1.807, 2.05) is 24.3 Å². The molecule has 0 saturated carbocycles. The van der Waals surface area contributed by atoms with E-state index in [1.165, 1.54) is 0 Å². The minimum absolute atomic E-state index is 0.275. The molecule has 0 unspecified atom stereocenters. The average molecular weight is 206 g/mol. The molecule has 0 radical (unpaired) electrons. The molecule has 0 aliphatic carbocycles. The highest BCUT2D eigenvalue weighted by Crippen LogP contribution is 2.19. The van der Waals surface area contributed by atoms with Gasteiger partial charge in [0.1, 0.15) is 0 Å². The predicted octanol–water partition coefficient (Wildman–Crippen LogP) is 2.38. The number of aromatic nitrogens is 2. The van der Waals surface area contributed by atoms with Crippen molar-refractivity contribution in [3.8, 4) is 11.3 Å². The number of benzene rings is 1. The highest BCUT2D eigenvalue weighted by Gasteiger charge is 1.99. The van der Waals surface area contributed by atoms with Gasteiger partial charge in [0.05, 0.1) is 5.69 Å². The van der Waals surface area contributed by atoms with Crippen molar-refractivity contribution in [1.29, 1.82) is 0 Å². The van der Waals surface area contributed by atoms with Gasteiger partial charge in [-0.1, -0.05) is 23.7 Å². The van der Waals surface area contributed by atoms with Gasteiger partial charge in [0.15, 0.2) is 0 Å². The summed E-state index contributed by atoms with van der Waals surface area (Å²) in [5.41, 5.74) is 7.25. The Kier molecular flexibility index (Phi) is 2.33. The number of hydrogen-bond donors (Lipinski definition) is 1. The van der Waals surface area contributed by atoms with Crippen LogP contribution in [0.25, 0.3) is 11.3 Å². The van der Waals surface area contributed by atoms with E-state index in [2.05, 4.69) is 9.97 Å². The van der Waals surface area contributed by atoms with Crippen LogP contribution in [0.3, 0.4) is 0 Å². The molecule has 2 N–H and O–H groups in total. The van der Waals surface area contributed by atoms with Crippen LogP contribution in [0.15, 0.2) is 36.5 Å². The molecule has 4 heteroatoms. The molecule has 2 rings (SSSR count). The Balaban J connectivity index is 2.44. The summed E-state index contributed by atoms with van der Waals surface area (Å²) in [4.78, 5) is 7.92. The van der Waals surface area contributed by atoms with Gasteiger partial charge in [-0.2, -0.15) is 0 Å². The van der Waals surface area contributed by atoms with E-state index in [1.54, 1.807) is 12.3 Å². The van der Waals surface area contributed by atoms with E-state index in [4.69, 9.17) is 17.3 Å². The second-order valence-corrected chi connectivity index (χ2v) is 3.24. The van der Waals surface area contributed by atoms with Crippen LogP contribution in [-0.2, 0) is 0 Å². The highest BCUT2D eigenvalue weighted by molar-refractivity contribution is 6.30. The van der Waals surface area contributed by atoms with Crippen molar-refractivity contribution < 1.29 is 0 Å². The Morgan fingerprint density at radius 2 is 1.79 bits per heavy atom. The lowest BCUT2D eigenvalue weighted by atomic mass is 10.1. The third-order valence-corrected chi connectivity index (χ3v) is 2.07. The lowest BCUT2D eigenvalue weighted by Gasteiger charge is -2.00. The second-order valence-electron chi connectivity index (χ2n) is 2.81. The van der Waals surface area contributed by atoms with Crippen LogP contribution in [0.2, 0.25) is 5.02 Å². The quantitative estimate of drug-likeness (QED) is 0.778. The van der Waals surface area contributed by atoms with Crippen LogP contribution < -0.4 is 5.73 Å². The van der Waals surface area contributed by atoms with Gasteiger partial charge in [0, 0.05) is 16.8 Å². The first-order chi connectivity index (χ1) is 6.75. The minimum atomic E-state index is 0.275. The predicted molar refractivity (Wildman–Crippen MR) is 56.9 cm³/mol. The third-order valence-electron chi connectivity index (χ3n) is 1.81. The van der Waals surface area contributed by atoms with Crippen molar-refractivity contribution in [2.24, 2.45) is 0 Å². The normalized spacial score (nSPS) is 10.1. The zero-order valence-electron chi connectivity index (χ0n) is 7.31. The first-order valence-electron chi connectivity index (χ1n) is 4.10. The van der Waals surface area contributed by atoms with Gasteiger partial charge in [-0.25, -0.2) is 9.97 Å². The molecule has 70 valence electrons. The van der Waals surface area contributed by atoms with Crippen LogP contribution in [0.1, 0.15) is 0 Å². The molecule has 0 saturated heterocycles. The maximum atomic E-state index is 5.77. The van der Waals surface area contributed by atoms with E-state index in [-0.39, 0.29) is 5.95 Å². The maximum absolute atomic E-state index is 5.77. The first kappa shape index (κ1) is 8.97. The van der Waals surface area contributed by atoms with Crippen molar-refractivity contribution in [2.45, 2.75) is 0 Å². The fourth-order valence-electron chi connectivity index (χ4n) is 1.16. The number of nitrogens with zero attached hydrogens (tertiary/aromatic N) is 2. The minimum Gasteiger partial charge on any atom is -0.368 e. The van der Waals surface area contributed by atoms with Crippen molar-refractivity contribution in [1.82, 2.24) is 9.97 Å². The molecule has 1 heterocycles. The number of anilines is 1. The van der Waals surface area contributed by atoms with E-state index >= 15 is 0 Å². The lowest BCUT2D eigenvalue weighted by Crippen LogP contribution is -1.94. The highest BCUT2D eigenvalue weighted by atomic mass is 35.5. The number of nitrogens with two attached hydrogens (primary N) is 1. The number of nitrogen functional groups attached to an aromatic ring is 1. The fraction of sp³-hybridized carbons (Fsp3) is 0. The van der Waals surface area contributed by atoms with Gasteiger partial charge < -0.3 is 5.73 Å². The SMILES string of the molecule is Nc1nccc(-c2ccc(Cl)cc2)n1. The van der Waals surface area contributed by atoms with Crippen LogP contribution in [0.4, 0.5) is 5.95 Å². The Hall–Kier alpha value is -1.61. The summed E-state index contributed by atoms with van der Waals surface area (Å²) in [6.07, 6.45) is 1.63. The molecule has 0 atom stereocenters. The summed E-state index contributed by atoms with van der Waals surface area (Å²) < 4.78 is 0. The van der Waals surface area contributed by atoms with E-state index in [9.17, 15) is 0 Å². The second kappa shape index (κ2) is 3.64. The zero-order chi connectivity index (χ0) is 9.97.